The van der Waals surface area contributed by atoms with Gasteiger partial charge in [-0.3, -0.25) is 4.79 Å². The van der Waals surface area contributed by atoms with Crippen molar-refractivity contribution in [1.29, 1.82) is 0 Å². The van der Waals surface area contributed by atoms with Gasteiger partial charge in [0.1, 0.15) is 24.7 Å². The minimum absolute atomic E-state index is 0.114. The van der Waals surface area contributed by atoms with Crippen LogP contribution in [0.2, 0.25) is 0 Å². The van der Waals surface area contributed by atoms with Crippen LogP contribution in [0.15, 0.2) is 36.4 Å². The molecule has 8 nitrogen and oxygen atoms in total. The highest BCUT2D eigenvalue weighted by Gasteiger charge is 2.15. The topological polar surface area (TPSA) is 84.5 Å². The maximum absolute atomic E-state index is 12.9. The van der Waals surface area contributed by atoms with Crippen LogP contribution in [-0.4, -0.2) is 66.8 Å². The first kappa shape index (κ1) is 25.3. The van der Waals surface area contributed by atoms with Crippen molar-refractivity contribution in [2.75, 3.05) is 54.9 Å². The largest absolute Gasteiger partial charge is 0.493 e. The van der Waals surface area contributed by atoms with E-state index < -0.39 is 0 Å². The van der Waals surface area contributed by atoms with Gasteiger partial charge in [0.05, 0.1) is 27.4 Å². The van der Waals surface area contributed by atoms with Crippen LogP contribution in [0.25, 0.3) is 0 Å². The molecule has 1 atom stereocenters. The van der Waals surface area contributed by atoms with Gasteiger partial charge in [-0.05, 0) is 43.2 Å². The Morgan fingerprint density at radius 2 is 1.41 bits per heavy atom. The van der Waals surface area contributed by atoms with E-state index in [-0.39, 0.29) is 11.9 Å². The first-order valence-corrected chi connectivity index (χ1v) is 10.4. The predicted octanol–water partition coefficient (Wildman–Crippen LogP) is 3.12. The predicted molar refractivity (Wildman–Crippen MR) is 121 cm³/mol. The summed E-state index contributed by atoms with van der Waals surface area (Å²) in [5.41, 5.74) is 1.47. The Morgan fingerprint density at radius 1 is 0.812 bits per heavy atom. The number of hydrogen-bond acceptors (Lipinski definition) is 7. The molecule has 0 heterocycles. The number of carbonyl (C=O) groups is 1. The zero-order valence-corrected chi connectivity index (χ0v) is 19.4. The van der Waals surface area contributed by atoms with E-state index in [9.17, 15) is 4.79 Å². The van der Waals surface area contributed by atoms with Crippen LogP contribution in [0.4, 0.5) is 0 Å². The van der Waals surface area contributed by atoms with Gasteiger partial charge in [0, 0.05) is 31.9 Å². The molecule has 0 aliphatic heterocycles. The maximum Gasteiger partial charge on any atom is 0.251 e. The lowest BCUT2D eigenvalue weighted by Gasteiger charge is -2.17. The highest BCUT2D eigenvalue weighted by Crippen LogP contribution is 2.28. The minimum Gasteiger partial charge on any atom is -0.493 e. The first-order chi connectivity index (χ1) is 15.5. The number of nitrogens with one attached hydrogen (secondary N) is 1. The highest BCUT2D eigenvalue weighted by molar-refractivity contribution is 5.95. The quantitative estimate of drug-likeness (QED) is 0.446. The number of benzene rings is 2. The minimum atomic E-state index is -0.216. The summed E-state index contributed by atoms with van der Waals surface area (Å²) in [6.45, 7) is 3.57. The Bertz CT molecular complexity index is 828. The van der Waals surface area contributed by atoms with Crippen molar-refractivity contribution in [2.45, 2.75) is 19.4 Å². The van der Waals surface area contributed by atoms with Crippen molar-refractivity contribution in [2.24, 2.45) is 0 Å². The molecule has 0 radical (unpaired) electrons. The molecular formula is C24H33NO7. The molecule has 0 aromatic heterocycles. The van der Waals surface area contributed by atoms with Crippen molar-refractivity contribution in [3.05, 3.63) is 47.5 Å². The van der Waals surface area contributed by atoms with E-state index in [0.29, 0.717) is 61.4 Å². The molecule has 1 N–H and O–H groups in total. The van der Waals surface area contributed by atoms with Crippen LogP contribution in [0, 0.1) is 0 Å². The molecule has 2 aromatic rings. The standard InChI is InChI=1S/C24H33NO7/c1-17(12-18-6-7-22(29-4)23(13-18)30-5)25-24(26)19-14-20(31-10-8-27-2)16-21(15-19)32-11-9-28-3/h6-7,13-17H,8-12H2,1-5H3,(H,25,26). The lowest BCUT2D eigenvalue weighted by atomic mass is 10.1. The normalized spacial score (nSPS) is 11.5. The Hall–Kier alpha value is -2.97. The molecule has 0 fully saturated rings. The van der Waals surface area contributed by atoms with E-state index in [4.69, 9.17) is 28.4 Å². The van der Waals surface area contributed by atoms with Gasteiger partial charge >= 0.3 is 0 Å². The number of hydrogen-bond donors (Lipinski definition) is 1. The number of rotatable bonds is 14. The molecule has 0 aliphatic rings. The summed E-state index contributed by atoms with van der Waals surface area (Å²) in [6, 6.07) is 10.7. The third-order valence-electron chi connectivity index (χ3n) is 4.62. The van der Waals surface area contributed by atoms with E-state index in [1.165, 1.54) is 0 Å². The molecule has 32 heavy (non-hydrogen) atoms. The monoisotopic (exact) mass is 447 g/mol. The lowest BCUT2D eigenvalue weighted by molar-refractivity contribution is 0.0938. The summed E-state index contributed by atoms with van der Waals surface area (Å²) >= 11 is 0. The van der Waals surface area contributed by atoms with Gasteiger partial charge in [-0.15, -0.1) is 0 Å². The molecule has 176 valence electrons. The number of carbonyl (C=O) groups excluding carboxylic acids is 1. The third kappa shape index (κ3) is 7.94. The van der Waals surface area contributed by atoms with Gasteiger partial charge < -0.3 is 33.7 Å². The fourth-order valence-electron chi connectivity index (χ4n) is 3.07. The molecule has 0 bridgehead atoms. The van der Waals surface area contributed by atoms with Gasteiger partial charge in [-0.2, -0.15) is 0 Å². The fraction of sp³-hybridized carbons (Fsp3) is 0.458. The van der Waals surface area contributed by atoms with Gasteiger partial charge in [-0.1, -0.05) is 6.07 Å². The Morgan fingerprint density at radius 3 is 1.94 bits per heavy atom. The molecule has 0 aliphatic carbocycles. The van der Waals surface area contributed by atoms with Gasteiger partial charge in [0.15, 0.2) is 11.5 Å². The second-order valence-electron chi connectivity index (χ2n) is 7.14. The molecular weight excluding hydrogens is 414 g/mol. The smallest absolute Gasteiger partial charge is 0.251 e. The Balaban J connectivity index is 2.08. The molecule has 2 rings (SSSR count). The van der Waals surface area contributed by atoms with Crippen LogP contribution in [-0.2, 0) is 15.9 Å². The molecule has 1 unspecified atom stereocenters. The average Bonchev–Trinajstić information content (AvgIpc) is 2.79. The van der Waals surface area contributed by atoms with Crippen LogP contribution in [0.3, 0.4) is 0 Å². The molecule has 2 aromatic carbocycles. The van der Waals surface area contributed by atoms with E-state index in [1.807, 2.05) is 25.1 Å². The number of methoxy groups -OCH3 is 4. The lowest BCUT2D eigenvalue weighted by Crippen LogP contribution is -2.34. The summed E-state index contributed by atoms with van der Waals surface area (Å²) in [4.78, 5) is 12.9. The SMILES string of the molecule is COCCOc1cc(OCCOC)cc(C(=O)NC(C)Cc2ccc(OC)c(OC)c2)c1. The third-order valence-corrected chi connectivity index (χ3v) is 4.62. The van der Waals surface area contributed by atoms with E-state index in [2.05, 4.69) is 5.32 Å². The van der Waals surface area contributed by atoms with E-state index >= 15 is 0 Å². The summed E-state index contributed by atoms with van der Waals surface area (Å²) in [7, 11) is 6.40. The molecule has 0 saturated carbocycles. The zero-order valence-electron chi connectivity index (χ0n) is 19.4. The van der Waals surface area contributed by atoms with Gasteiger partial charge in [0.2, 0.25) is 0 Å². The van der Waals surface area contributed by atoms with Gasteiger partial charge in [-0.25, -0.2) is 0 Å². The molecule has 0 saturated heterocycles. The van der Waals surface area contributed by atoms with Crippen molar-refractivity contribution in [3.63, 3.8) is 0 Å². The van der Waals surface area contributed by atoms with Gasteiger partial charge in [0.25, 0.3) is 5.91 Å². The van der Waals surface area contributed by atoms with Crippen molar-refractivity contribution < 1.29 is 33.2 Å². The molecule has 0 spiro atoms. The van der Waals surface area contributed by atoms with Crippen molar-refractivity contribution in [1.82, 2.24) is 5.32 Å². The van der Waals surface area contributed by atoms with Crippen LogP contribution < -0.4 is 24.3 Å². The summed E-state index contributed by atoms with van der Waals surface area (Å²) in [6.07, 6.45) is 0.632. The maximum atomic E-state index is 12.9. The Kier molecular flexibility index (Phi) is 10.6. The van der Waals surface area contributed by atoms with E-state index in [1.54, 1.807) is 46.6 Å². The number of amides is 1. The second-order valence-corrected chi connectivity index (χ2v) is 7.14. The van der Waals surface area contributed by atoms with Crippen LogP contribution in [0.5, 0.6) is 23.0 Å². The average molecular weight is 448 g/mol. The molecule has 1 amide bonds. The first-order valence-electron chi connectivity index (χ1n) is 10.4. The summed E-state index contributed by atoms with van der Waals surface area (Å²) in [5, 5.41) is 3.03. The van der Waals surface area contributed by atoms with Crippen LogP contribution in [0.1, 0.15) is 22.8 Å². The molecule has 8 heteroatoms. The van der Waals surface area contributed by atoms with Crippen molar-refractivity contribution in [3.8, 4) is 23.0 Å². The Labute approximate surface area is 189 Å². The summed E-state index contributed by atoms with van der Waals surface area (Å²) < 4.78 is 32.1. The van der Waals surface area contributed by atoms with Crippen molar-refractivity contribution >= 4 is 5.91 Å². The number of ether oxygens (including phenoxy) is 6. The zero-order chi connectivity index (χ0) is 23.3. The highest BCUT2D eigenvalue weighted by atomic mass is 16.5. The second kappa shape index (κ2) is 13.4. The summed E-state index contributed by atoms with van der Waals surface area (Å²) in [5.74, 6) is 2.18. The van der Waals surface area contributed by atoms with E-state index in [0.717, 1.165) is 5.56 Å². The fourth-order valence-corrected chi connectivity index (χ4v) is 3.07. The van der Waals surface area contributed by atoms with Crippen LogP contribution >= 0.6 is 0 Å².